The fourth-order valence-electron chi connectivity index (χ4n) is 6.84. The van der Waals surface area contributed by atoms with Crippen LogP contribution < -0.4 is 0 Å². The fraction of sp³-hybridized carbons (Fsp3) is 0.448. The van der Waals surface area contributed by atoms with E-state index < -0.39 is 12.0 Å². The summed E-state index contributed by atoms with van der Waals surface area (Å²) >= 11 is 0. The van der Waals surface area contributed by atoms with Crippen molar-refractivity contribution in [2.45, 2.75) is 44.5 Å². The Hall–Kier alpha value is -3.34. The highest BCUT2D eigenvalue weighted by atomic mass is 16.5. The van der Waals surface area contributed by atoms with Crippen LogP contribution in [-0.4, -0.2) is 46.8 Å². The van der Waals surface area contributed by atoms with E-state index in [2.05, 4.69) is 53.2 Å². The number of hydrogen-bond acceptors (Lipinski definition) is 6. The third kappa shape index (κ3) is 3.68. The molecule has 186 valence electrons. The summed E-state index contributed by atoms with van der Waals surface area (Å²) in [5.41, 5.74) is 5.64. The summed E-state index contributed by atoms with van der Waals surface area (Å²) in [6.07, 6.45) is 3.99. The Labute approximate surface area is 210 Å². The zero-order chi connectivity index (χ0) is 24.8. The number of aliphatic hydroxyl groups excluding tert-OH is 1. The Bertz CT molecular complexity index is 1340. The van der Waals surface area contributed by atoms with E-state index in [1.807, 2.05) is 11.0 Å². The highest BCUT2D eigenvalue weighted by molar-refractivity contribution is 5.88. The molecule has 2 aliphatic heterocycles. The second-order valence-corrected chi connectivity index (χ2v) is 10.3. The highest BCUT2D eigenvalue weighted by Gasteiger charge is 2.46. The molecule has 0 spiro atoms. The first kappa shape index (κ1) is 23.1. The van der Waals surface area contributed by atoms with Crippen molar-refractivity contribution in [1.82, 2.24) is 9.47 Å². The van der Waals surface area contributed by atoms with Crippen LogP contribution in [-0.2, 0) is 27.3 Å². The molecule has 0 radical (unpaired) electrons. The summed E-state index contributed by atoms with van der Waals surface area (Å²) in [4.78, 5) is 14.8. The van der Waals surface area contributed by atoms with Gasteiger partial charge in [0.25, 0.3) is 0 Å². The van der Waals surface area contributed by atoms with Crippen LogP contribution in [0.15, 0.2) is 48.5 Å². The summed E-state index contributed by atoms with van der Waals surface area (Å²) in [6, 6.07) is 16.7. The predicted octanol–water partition coefficient (Wildman–Crippen LogP) is 4.11. The van der Waals surface area contributed by atoms with Gasteiger partial charge in [0.15, 0.2) is 6.19 Å². The van der Waals surface area contributed by atoms with Gasteiger partial charge in [-0.2, -0.15) is 5.26 Å². The smallest absolute Gasteiger partial charge is 0.311 e. The molecule has 7 nitrogen and oxygen atoms in total. The molecule has 0 saturated heterocycles. The number of ether oxygens (including phenoxy) is 2. The lowest BCUT2D eigenvalue weighted by Crippen LogP contribution is -2.47. The van der Waals surface area contributed by atoms with Crippen molar-refractivity contribution in [2.75, 3.05) is 20.2 Å². The van der Waals surface area contributed by atoms with Gasteiger partial charge in [0.2, 0.25) is 0 Å². The average molecular weight is 486 g/mol. The molecule has 1 saturated carbocycles. The molecule has 1 aromatic heterocycles. The monoisotopic (exact) mass is 485 g/mol. The number of hydrogen-bond donors (Lipinski definition) is 1. The number of aliphatic hydroxyl groups is 1. The number of rotatable bonds is 1. The maximum atomic E-state index is 12.9. The van der Waals surface area contributed by atoms with Crippen molar-refractivity contribution in [3.63, 3.8) is 0 Å². The maximum absolute atomic E-state index is 12.9. The molecule has 3 heterocycles. The van der Waals surface area contributed by atoms with Gasteiger partial charge in [-0.05, 0) is 55.2 Å². The van der Waals surface area contributed by atoms with E-state index >= 15 is 0 Å². The predicted molar refractivity (Wildman–Crippen MR) is 134 cm³/mol. The number of methoxy groups -OCH3 is 1. The Morgan fingerprint density at radius 3 is 2.81 bits per heavy atom. The van der Waals surface area contributed by atoms with Crippen LogP contribution in [0.4, 0.5) is 0 Å². The van der Waals surface area contributed by atoms with Crippen molar-refractivity contribution < 1.29 is 19.4 Å². The first-order chi connectivity index (χ1) is 17.6. The van der Waals surface area contributed by atoms with Gasteiger partial charge in [-0.15, -0.1) is 0 Å². The Morgan fingerprint density at radius 2 is 1.97 bits per heavy atom. The number of para-hydroxylation sites is 2. The quantitative estimate of drug-likeness (QED) is 0.412. The molecule has 2 aromatic carbocycles. The maximum Gasteiger partial charge on any atom is 0.311 e. The summed E-state index contributed by atoms with van der Waals surface area (Å²) in [5.74, 6) is -1.09. The molecule has 36 heavy (non-hydrogen) atoms. The average Bonchev–Trinajstić information content (AvgIpc) is 3.14. The highest BCUT2D eigenvalue weighted by Crippen LogP contribution is 2.47. The van der Waals surface area contributed by atoms with Crippen molar-refractivity contribution >= 4 is 16.9 Å². The molecule has 7 heteroatoms. The summed E-state index contributed by atoms with van der Waals surface area (Å²) < 4.78 is 14.2. The zero-order valence-electron chi connectivity index (χ0n) is 20.5. The third-order valence-electron chi connectivity index (χ3n) is 8.50. The van der Waals surface area contributed by atoms with E-state index in [4.69, 9.17) is 9.47 Å². The minimum atomic E-state index is -0.759. The topological polar surface area (TPSA) is 87.7 Å². The minimum Gasteiger partial charge on any atom is -0.469 e. The largest absolute Gasteiger partial charge is 0.469 e. The molecule has 1 aliphatic carbocycles. The number of benzene rings is 2. The van der Waals surface area contributed by atoms with Gasteiger partial charge in [-0.25, -0.2) is 0 Å². The van der Waals surface area contributed by atoms with Crippen molar-refractivity contribution in [2.24, 2.45) is 17.8 Å². The van der Waals surface area contributed by atoms with E-state index in [1.54, 1.807) is 0 Å². The lowest BCUT2D eigenvalue weighted by Gasteiger charge is -2.42. The lowest BCUT2D eigenvalue weighted by atomic mass is 9.67. The lowest BCUT2D eigenvalue weighted by molar-refractivity contribution is -0.158. The number of carbonyl (C=O) groups is 1. The summed E-state index contributed by atoms with van der Waals surface area (Å²) in [7, 11) is 1.38. The second-order valence-electron chi connectivity index (χ2n) is 10.3. The third-order valence-corrected chi connectivity index (χ3v) is 8.50. The molecule has 3 aromatic rings. The Balaban J connectivity index is 1.57. The van der Waals surface area contributed by atoms with Crippen molar-refractivity contribution in [3.8, 4) is 11.9 Å². The van der Waals surface area contributed by atoms with E-state index in [0.29, 0.717) is 32.5 Å². The van der Waals surface area contributed by atoms with Crippen molar-refractivity contribution in [1.29, 1.82) is 5.26 Å². The molecule has 0 amide bonds. The molecule has 5 atom stereocenters. The number of nitriles is 1. The second kappa shape index (κ2) is 9.27. The number of carbonyl (C=O) groups excluding carboxylic acids is 1. The van der Waals surface area contributed by atoms with Crippen LogP contribution >= 0.6 is 0 Å². The molecule has 1 fully saturated rings. The van der Waals surface area contributed by atoms with Crippen LogP contribution in [0.3, 0.4) is 0 Å². The number of fused-ring (bicyclic) bond motifs is 6. The van der Waals surface area contributed by atoms with Gasteiger partial charge in [0.1, 0.15) is 0 Å². The first-order valence-electron chi connectivity index (χ1n) is 12.8. The molecule has 1 N–H and O–H groups in total. The number of esters is 1. The van der Waals surface area contributed by atoms with Crippen LogP contribution in [0, 0.1) is 29.2 Å². The van der Waals surface area contributed by atoms with Crippen LogP contribution in [0.2, 0.25) is 0 Å². The zero-order valence-corrected chi connectivity index (χ0v) is 20.5. The van der Waals surface area contributed by atoms with Gasteiger partial charge in [0.05, 0.1) is 48.7 Å². The van der Waals surface area contributed by atoms with Gasteiger partial charge < -0.3 is 24.0 Å². The molecule has 0 unspecified atom stereocenters. The first-order valence-corrected chi connectivity index (χ1v) is 12.8. The molecule has 6 rings (SSSR count). The minimum absolute atomic E-state index is 0.0887. The summed E-state index contributed by atoms with van der Waals surface area (Å²) in [6.45, 7) is 1.65. The van der Waals surface area contributed by atoms with E-state index in [0.717, 1.165) is 35.3 Å². The van der Waals surface area contributed by atoms with Crippen LogP contribution in [0.1, 0.15) is 42.2 Å². The number of aromatic nitrogens is 1. The van der Waals surface area contributed by atoms with E-state index in [1.165, 1.54) is 18.1 Å². The van der Waals surface area contributed by atoms with Gasteiger partial charge in [-0.1, -0.05) is 36.4 Å². The SMILES string of the molecule is COC(=O)[C@@H]1[C@H]2C[C@@H]3OCc4ccccc4-n4c3c(c3ccccc34)CCN(C#N)C[C@@H]2CC[C@@H]1O. The number of nitrogens with zero attached hydrogens (tertiary/aromatic N) is 3. The standard InChI is InChI=1S/C29H31N3O4/c1-35-29(34)27-22-14-26-28-21(12-13-31(17-30)15-18(22)10-11-25(27)33)20-7-3-5-9-24(20)32(28)23-8-4-2-6-19(23)16-36-26/h2-9,18,22,25-27,33H,10-16H2,1H3/t18-,22-,25-,26-,27+/m0/s1. The molecule has 0 bridgehead atoms. The molecule has 3 aliphatic rings. The normalized spacial score (nSPS) is 27.7. The van der Waals surface area contributed by atoms with Gasteiger partial charge >= 0.3 is 5.97 Å². The fourth-order valence-corrected chi connectivity index (χ4v) is 6.84. The van der Waals surface area contributed by atoms with E-state index in [-0.39, 0.29) is 23.9 Å². The summed E-state index contributed by atoms with van der Waals surface area (Å²) in [5, 5.41) is 22.1. The van der Waals surface area contributed by atoms with Crippen LogP contribution in [0.5, 0.6) is 0 Å². The van der Waals surface area contributed by atoms with Crippen LogP contribution in [0.25, 0.3) is 16.6 Å². The molecular formula is C29H31N3O4. The molecular weight excluding hydrogens is 454 g/mol. The Morgan fingerprint density at radius 1 is 1.17 bits per heavy atom. The van der Waals surface area contributed by atoms with Crippen molar-refractivity contribution in [3.05, 3.63) is 65.4 Å². The Kier molecular flexibility index (Phi) is 5.94. The van der Waals surface area contributed by atoms with Gasteiger partial charge in [-0.3, -0.25) is 4.79 Å². The van der Waals surface area contributed by atoms with Gasteiger partial charge in [0, 0.05) is 24.0 Å². The van der Waals surface area contributed by atoms with E-state index in [9.17, 15) is 15.2 Å².